The van der Waals surface area contributed by atoms with Crippen molar-refractivity contribution in [2.24, 2.45) is 0 Å². The maximum atomic E-state index is 11.7. The number of hydrogen-bond donors (Lipinski definition) is 1. The number of sulfonamides is 1. The molecule has 0 unspecified atom stereocenters. The topological polar surface area (TPSA) is 79.4 Å². The molecule has 0 saturated heterocycles. The van der Waals surface area contributed by atoms with E-state index in [1.807, 2.05) is 0 Å². The summed E-state index contributed by atoms with van der Waals surface area (Å²) in [4.78, 5) is 15.7. The third kappa shape index (κ3) is 5.56. The van der Waals surface area contributed by atoms with Crippen LogP contribution >= 0.6 is 15.9 Å². The molecule has 0 atom stereocenters. The predicted octanol–water partition coefficient (Wildman–Crippen LogP) is 1.25. The van der Waals surface area contributed by atoms with Crippen molar-refractivity contribution in [2.45, 2.75) is 13.3 Å². The normalized spacial score (nSPS) is 11.6. The van der Waals surface area contributed by atoms with Gasteiger partial charge < -0.3 is 5.32 Å². The van der Waals surface area contributed by atoms with Gasteiger partial charge in [0.1, 0.15) is 5.69 Å². The van der Waals surface area contributed by atoms with Gasteiger partial charge in [0.05, 0.1) is 6.26 Å². The van der Waals surface area contributed by atoms with Gasteiger partial charge in [-0.1, -0.05) is 6.92 Å². The molecule has 0 aliphatic carbocycles. The molecule has 6 nitrogen and oxygen atoms in total. The van der Waals surface area contributed by atoms with Gasteiger partial charge in [0.25, 0.3) is 5.91 Å². The van der Waals surface area contributed by atoms with Crippen LogP contribution in [0, 0.1) is 0 Å². The molecule has 0 saturated carbocycles. The van der Waals surface area contributed by atoms with E-state index < -0.39 is 10.0 Å². The van der Waals surface area contributed by atoms with Crippen LogP contribution in [-0.2, 0) is 10.0 Å². The molecule has 1 amide bonds. The monoisotopic (exact) mass is 363 g/mol. The zero-order valence-corrected chi connectivity index (χ0v) is 13.9. The van der Waals surface area contributed by atoms with Crippen molar-refractivity contribution < 1.29 is 13.2 Å². The first-order valence-corrected chi connectivity index (χ1v) is 8.83. The van der Waals surface area contributed by atoms with Crippen LogP contribution in [0.15, 0.2) is 22.8 Å². The fraction of sp³-hybridized carbons (Fsp3) is 0.500. The Kier molecular flexibility index (Phi) is 6.57. The molecule has 0 bridgehead atoms. The molecule has 0 radical (unpaired) electrons. The Balaban J connectivity index is 2.37. The average molecular weight is 364 g/mol. The molecule has 20 heavy (non-hydrogen) atoms. The summed E-state index contributed by atoms with van der Waals surface area (Å²) in [5, 5.41) is 2.71. The Morgan fingerprint density at radius 3 is 2.65 bits per heavy atom. The highest BCUT2D eigenvalue weighted by atomic mass is 79.9. The Morgan fingerprint density at radius 1 is 1.45 bits per heavy atom. The first-order valence-electron chi connectivity index (χ1n) is 6.19. The molecule has 0 spiro atoms. The Morgan fingerprint density at radius 2 is 2.15 bits per heavy atom. The molecule has 1 aromatic rings. The van der Waals surface area contributed by atoms with Crippen molar-refractivity contribution in [3.8, 4) is 0 Å². The SMILES string of the molecule is CCN(CCCNC(=O)c1ccc(Br)cn1)S(C)(=O)=O. The Bertz CT molecular complexity index is 546. The van der Waals surface area contributed by atoms with Crippen molar-refractivity contribution in [1.82, 2.24) is 14.6 Å². The number of nitrogens with zero attached hydrogens (tertiary/aromatic N) is 2. The van der Waals surface area contributed by atoms with E-state index in [0.717, 1.165) is 4.47 Å². The maximum absolute atomic E-state index is 11.7. The number of carbonyl (C=O) groups excluding carboxylic acids is 1. The van der Waals surface area contributed by atoms with E-state index >= 15 is 0 Å². The van der Waals surface area contributed by atoms with Gasteiger partial charge in [-0.15, -0.1) is 0 Å². The minimum absolute atomic E-state index is 0.264. The van der Waals surface area contributed by atoms with Crippen LogP contribution in [0.4, 0.5) is 0 Å². The van der Waals surface area contributed by atoms with Crippen molar-refractivity contribution in [3.05, 3.63) is 28.5 Å². The van der Waals surface area contributed by atoms with Crippen LogP contribution in [0.2, 0.25) is 0 Å². The zero-order chi connectivity index (χ0) is 15.2. The summed E-state index contributed by atoms with van der Waals surface area (Å²) in [6.45, 7) is 3.01. The molecule has 1 N–H and O–H groups in total. The summed E-state index contributed by atoms with van der Waals surface area (Å²) >= 11 is 3.24. The second-order valence-corrected chi connectivity index (χ2v) is 7.12. The predicted molar refractivity (Wildman–Crippen MR) is 81.0 cm³/mol. The largest absolute Gasteiger partial charge is 0.351 e. The van der Waals surface area contributed by atoms with E-state index in [1.165, 1.54) is 10.6 Å². The van der Waals surface area contributed by atoms with Crippen LogP contribution in [-0.4, -0.2) is 49.5 Å². The highest BCUT2D eigenvalue weighted by Crippen LogP contribution is 2.07. The van der Waals surface area contributed by atoms with Crippen LogP contribution in [0.25, 0.3) is 0 Å². The highest BCUT2D eigenvalue weighted by molar-refractivity contribution is 9.10. The minimum Gasteiger partial charge on any atom is -0.351 e. The van der Waals surface area contributed by atoms with Crippen molar-refractivity contribution in [1.29, 1.82) is 0 Å². The molecule has 1 rings (SSSR count). The van der Waals surface area contributed by atoms with Gasteiger partial charge in [-0.3, -0.25) is 4.79 Å². The fourth-order valence-electron chi connectivity index (χ4n) is 1.62. The number of rotatable bonds is 7. The number of halogens is 1. The van der Waals surface area contributed by atoms with Crippen molar-refractivity contribution in [2.75, 3.05) is 25.9 Å². The molecule has 1 heterocycles. The lowest BCUT2D eigenvalue weighted by Gasteiger charge is -2.17. The molecule has 112 valence electrons. The third-order valence-corrected chi connectivity index (χ3v) is 4.50. The van der Waals surface area contributed by atoms with E-state index in [-0.39, 0.29) is 5.91 Å². The number of pyridine rings is 1. The second kappa shape index (κ2) is 7.70. The summed E-state index contributed by atoms with van der Waals surface area (Å²) in [5.74, 6) is -0.264. The van der Waals surface area contributed by atoms with Gasteiger partial charge in [-0.2, -0.15) is 0 Å². The van der Waals surface area contributed by atoms with Gasteiger partial charge in [-0.05, 0) is 34.5 Å². The number of carbonyl (C=O) groups is 1. The summed E-state index contributed by atoms with van der Waals surface area (Å²) in [6.07, 6.45) is 3.29. The van der Waals surface area contributed by atoms with Gasteiger partial charge >= 0.3 is 0 Å². The quantitative estimate of drug-likeness (QED) is 0.739. The summed E-state index contributed by atoms with van der Waals surface area (Å²) in [6, 6.07) is 3.36. The molecule has 1 aromatic heterocycles. The second-order valence-electron chi connectivity index (χ2n) is 4.23. The molecule has 0 aliphatic rings. The Labute approximate surface area is 127 Å². The number of nitrogens with one attached hydrogen (secondary N) is 1. The first kappa shape index (κ1) is 17.1. The number of hydrogen-bond acceptors (Lipinski definition) is 4. The zero-order valence-electron chi connectivity index (χ0n) is 11.5. The lowest BCUT2D eigenvalue weighted by Crippen LogP contribution is -2.33. The summed E-state index contributed by atoms with van der Waals surface area (Å²) in [5.41, 5.74) is 0.337. The molecule has 0 aliphatic heterocycles. The number of aromatic nitrogens is 1. The average Bonchev–Trinajstić information content (AvgIpc) is 2.37. The van der Waals surface area contributed by atoms with E-state index in [2.05, 4.69) is 26.2 Å². The van der Waals surface area contributed by atoms with E-state index in [4.69, 9.17) is 0 Å². The standard InChI is InChI=1S/C12H18BrN3O3S/c1-3-16(20(2,18)19)8-4-7-14-12(17)11-6-5-10(13)9-15-11/h5-6,9H,3-4,7-8H2,1-2H3,(H,14,17). The van der Waals surface area contributed by atoms with Crippen molar-refractivity contribution in [3.63, 3.8) is 0 Å². The lowest BCUT2D eigenvalue weighted by molar-refractivity contribution is 0.0948. The Hall–Kier alpha value is -0.990. The number of amides is 1. The van der Waals surface area contributed by atoms with Gasteiger partial charge in [-0.25, -0.2) is 17.7 Å². The fourth-order valence-corrected chi connectivity index (χ4v) is 2.78. The highest BCUT2D eigenvalue weighted by Gasteiger charge is 2.13. The molecule has 8 heteroatoms. The summed E-state index contributed by atoms with van der Waals surface area (Å²) < 4.78 is 24.9. The maximum Gasteiger partial charge on any atom is 0.269 e. The van der Waals surface area contributed by atoms with Crippen molar-refractivity contribution >= 4 is 31.9 Å². The smallest absolute Gasteiger partial charge is 0.269 e. The van der Waals surface area contributed by atoms with Crippen LogP contribution in [0.1, 0.15) is 23.8 Å². The molecule has 0 fully saturated rings. The lowest BCUT2D eigenvalue weighted by atomic mass is 10.3. The van der Waals surface area contributed by atoms with Gasteiger partial charge in [0.15, 0.2) is 0 Å². The van der Waals surface area contributed by atoms with Crippen LogP contribution in [0.5, 0.6) is 0 Å². The molecular weight excluding hydrogens is 346 g/mol. The van der Waals surface area contributed by atoms with E-state index in [1.54, 1.807) is 25.3 Å². The molecule has 0 aromatic carbocycles. The van der Waals surface area contributed by atoms with Gasteiger partial charge in [0, 0.05) is 30.3 Å². The van der Waals surface area contributed by atoms with Gasteiger partial charge in [0.2, 0.25) is 10.0 Å². The van der Waals surface area contributed by atoms with Crippen LogP contribution in [0.3, 0.4) is 0 Å². The van der Waals surface area contributed by atoms with E-state index in [9.17, 15) is 13.2 Å². The summed E-state index contributed by atoms with van der Waals surface area (Å²) in [7, 11) is -3.17. The van der Waals surface area contributed by atoms with E-state index in [0.29, 0.717) is 31.7 Å². The first-order chi connectivity index (χ1) is 9.34. The van der Waals surface area contributed by atoms with Crippen LogP contribution < -0.4 is 5.32 Å². The molecular formula is C12H18BrN3O3S. The minimum atomic E-state index is -3.17. The third-order valence-electron chi connectivity index (χ3n) is 2.65.